The van der Waals surface area contributed by atoms with E-state index in [4.69, 9.17) is 9.47 Å². The minimum absolute atomic E-state index is 0.0159. The van der Waals surface area contributed by atoms with Crippen molar-refractivity contribution in [1.29, 1.82) is 0 Å². The zero-order valence-corrected chi connectivity index (χ0v) is 20.0. The second-order valence-electron chi connectivity index (χ2n) is 11.2. The van der Waals surface area contributed by atoms with E-state index in [0.717, 1.165) is 18.4 Å². The maximum Gasteiger partial charge on any atom is 0.509 e. The molecule has 0 heterocycles. The Kier molecular flexibility index (Phi) is 6.11. The molecule has 4 aliphatic carbocycles. The quantitative estimate of drug-likeness (QED) is 0.605. The lowest BCUT2D eigenvalue weighted by Gasteiger charge is -2.59. The van der Waals surface area contributed by atoms with Crippen LogP contribution in [0, 0.1) is 34.5 Å². The molecular weight excluding hydrogens is 424 g/mol. The number of Topliss-reactive ketones (excluding diaryl/α,β-unsaturated/α-hetero) is 1. The summed E-state index contributed by atoms with van der Waals surface area (Å²) in [6.07, 6.45) is 6.37. The number of ether oxygens (including phenoxy) is 2. The molecule has 0 aromatic carbocycles. The fraction of sp³-hybridized carbons (Fsp3) is 0.731. The van der Waals surface area contributed by atoms with Crippen LogP contribution in [0.3, 0.4) is 0 Å². The van der Waals surface area contributed by atoms with Crippen molar-refractivity contribution in [2.24, 2.45) is 34.5 Å². The summed E-state index contributed by atoms with van der Waals surface area (Å²) >= 11 is 0. The molecule has 0 spiro atoms. The first-order valence-corrected chi connectivity index (χ1v) is 12.1. The van der Waals surface area contributed by atoms with Crippen molar-refractivity contribution in [3.05, 3.63) is 23.8 Å². The van der Waals surface area contributed by atoms with Crippen molar-refractivity contribution in [2.75, 3.05) is 13.2 Å². The molecule has 0 aliphatic heterocycles. The van der Waals surface area contributed by atoms with Gasteiger partial charge in [-0.15, -0.1) is 0 Å². The Morgan fingerprint density at radius 2 is 1.97 bits per heavy atom. The Labute approximate surface area is 195 Å². The topological polar surface area (TPSA) is 110 Å². The molecule has 0 bridgehead atoms. The summed E-state index contributed by atoms with van der Waals surface area (Å²) in [4.78, 5) is 37.7. The number of aliphatic hydroxyl groups is 2. The Morgan fingerprint density at radius 3 is 2.64 bits per heavy atom. The highest BCUT2D eigenvalue weighted by Crippen LogP contribution is 2.67. The molecule has 7 heteroatoms. The normalized spacial score (nSPS) is 41.7. The van der Waals surface area contributed by atoms with Crippen molar-refractivity contribution < 1.29 is 34.1 Å². The third-order valence-electron chi connectivity index (χ3n) is 9.00. The van der Waals surface area contributed by atoms with Crippen LogP contribution in [0.1, 0.15) is 59.8 Å². The summed E-state index contributed by atoms with van der Waals surface area (Å²) in [6, 6.07) is 0. The standard InChI is InChI=1S/C26H36O7/c1-15(2)14-32-23(31)33-26(21(30)13-27)10-8-19-18-6-5-16-11-17(28)7-9-24(16,3)22(18)20(29)12-25(19,26)4/h7,9,11,15,18-20,22,27,29H,5-6,8,10,12-14H2,1-4H3/t18-,19-,20?,22+,24-,25-,26-/m0/s1. The Hall–Kier alpha value is -1.99. The summed E-state index contributed by atoms with van der Waals surface area (Å²) in [5.74, 6) is -0.394. The van der Waals surface area contributed by atoms with Crippen molar-refractivity contribution >= 4 is 17.7 Å². The molecule has 2 N–H and O–H groups in total. The molecule has 7 nitrogen and oxygen atoms in total. The predicted octanol–water partition coefficient (Wildman–Crippen LogP) is 3.37. The summed E-state index contributed by atoms with van der Waals surface area (Å²) in [6.45, 7) is 7.26. The summed E-state index contributed by atoms with van der Waals surface area (Å²) in [5, 5.41) is 21.3. The van der Waals surface area contributed by atoms with Crippen LogP contribution in [0.2, 0.25) is 0 Å². The van der Waals surface area contributed by atoms with Crippen LogP contribution in [0.25, 0.3) is 0 Å². The average Bonchev–Trinajstić information content (AvgIpc) is 3.04. The maximum absolute atomic E-state index is 13.1. The van der Waals surface area contributed by atoms with Gasteiger partial charge >= 0.3 is 6.16 Å². The van der Waals surface area contributed by atoms with E-state index >= 15 is 0 Å². The largest absolute Gasteiger partial charge is 0.509 e. The van der Waals surface area contributed by atoms with Crippen molar-refractivity contribution in [3.8, 4) is 0 Å². The van der Waals surface area contributed by atoms with Crippen LogP contribution >= 0.6 is 0 Å². The van der Waals surface area contributed by atoms with Gasteiger partial charge < -0.3 is 19.7 Å². The maximum atomic E-state index is 13.1. The number of aliphatic hydroxyl groups excluding tert-OH is 2. The van der Waals surface area contributed by atoms with Gasteiger partial charge in [0.25, 0.3) is 0 Å². The predicted molar refractivity (Wildman–Crippen MR) is 120 cm³/mol. The second-order valence-corrected chi connectivity index (χ2v) is 11.2. The van der Waals surface area contributed by atoms with Gasteiger partial charge in [0, 0.05) is 16.7 Å². The van der Waals surface area contributed by atoms with Gasteiger partial charge in [-0.05, 0) is 62.0 Å². The third kappa shape index (κ3) is 3.59. The summed E-state index contributed by atoms with van der Waals surface area (Å²) in [5.41, 5.74) is -1.71. The lowest BCUT2D eigenvalue weighted by atomic mass is 9.46. The molecule has 3 saturated carbocycles. The van der Waals surface area contributed by atoms with E-state index in [1.165, 1.54) is 0 Å². The number of hydrogen-bond donors (Lipinski definition) is 2. The number of carbonyl (C=O) groups is 3. The smallest absolute Gasteiger partial charge is 0.434 e. The third-order valence-corrected chi connectivity index (χ3v) is 9.00. The first-order valence-electron chi connectivity index (χ1n) is 12.1. The number of ketones is 2. The highest BCUT2D eigenvalue weighted by molar-refractivity contribution is 6.01. The molecule has 4 aliphatic rings. The Morgan fingerprint density at radius 1 is 1.24 bits per heavy atom. The monoisotopic (exact) mass is 460 g/mol. The molecular formula is C26H36O7. The van der Waals surface area contributed by atoms with Gasteiger partial charge in [-0.25, -0.2) is 4.79 Å². The summed E-state index contributed by atoms with van der Waals surface area (Å²) < 4.78 is 11.0. The first kappa shape index (κ1) is 24.1. The number of allylic oxidation sites excluding steroid dienone is 4. The lowest BCUT2D eigenvalue weighted by Crippen LogP contribution is -2.63. The molecule has 0 amide bonds. The van der Waals surface area contributed by atoms with E-state index in [2.05, 4.69) is 6.92 Å². The molecule has 3 fully saturated rings. The van der Waals surface area contributed by atoms with E-state index < -0.39 is 41.1 Å². The van der Waals surface area contributed by atoms with Crippen LogP contribution in [-0.4, -0.2) is 52.9 Å². The Bertz CT molecular complexity index is 904. The molecule has 182 valence electrons. The first-order chi connectivity index (χ1) is 15.5. The molecule has 0 aromatic heterocycles. The van der Waals surface area contributed by atoms with Gasteiger partial charge in [-0.2, -0.15) is 0 Å². The molecule has 0 aromatic rings. The van der Waals surface area contributed by atoms with E-state index in [9.17, 15) is 24.6 Å². The van der Waals surface area contributed by atoms with Gasteiger partial charge in [-0.3, -0.25) is 9.59 Å². The van der Waals surface area contributed by atoms with Gasteiger partial charge in [0.2, 0.25) is 5.78 Å². The van der Waals surface area contributed by atoms with Gasteiger partial charge in [-0.1, -0.05) is 39.3 Å². The van der Waals surface area contributed by atoms with Crippen LogP contribution < -0.4 is 0 Å². The molecule has 4 rings (SSSR count). The van der Waals surface area contributed by atoms with E-state index in [-0.39, 0.29) is 42.5 Å². The Balaban J connectivity index is 1.68. The van der Waals surface area contributed by atoms with Gasteiger partial charge in [0.15, 0.2) is 11.4 Å². The molecule has 0 radical (unpaired) electrons. The van der Waals surface area contributed by atoms with E-state index in [0.29, 0.717) is 12.8 Å². The van der Waals surface area contributed by atoms with E-state index in [1.54, 1.807) is 12.2 Å². The van der Waals surface area contributed by atoms with Gasteiger partial charge in [0.1, 0.15) is 6.61 Å². The highest BCUT2D eigenvalue weighted by Gasteiger charge is 2.70. The summed E-state index contributed by atoms with van der Waals surface area (Å²) in [7, 11) is 0. The fourth-order valence-electron chi connectivity index (χ4n) is 7.53. The van der Waals surface area contributed by atoms with E-state index in [1.807, 2.05) is 26.8 Å². The number of carbonyl (C=O) groups excluding carboxylic acids is 3. The van der Waals surface area contributed by atoms with Crippen LogP contribution in [0.5, 0.6) is 0 Å². The minimum Gasteiger partial charge on any atom is -0.434 e. The van der Waals surface area contributed by atoms with Crippen LogP contribution in [0.15, 0.2) is 23.8 Å². The average molecular weight is 461 g/mol. The van der Waals surface area contributed by atoms with Gasteiger partial charge in [0.05, 0.1) is 12.7 Å². The molecule has 33 heavy (non-hydrogen) atoms. The van der Waals surface area contributed by atoms with Crippen LogP contribution in [0.4, 0.5) is 4.79 Å². The van der Waals surface area contributed by atoms with Crippen molar-refractivity contribution in [1.82, 2.24) is 0 Å². The van der Waals surface area contributed by atoms with Crippen molar-refractivity contribution in [2.45, 2.75) is 71.5 Å². The highest BCUT2D eigenvalue weighted by atomic mass is 16.7. The zero-order chi connectivity index (χ0) is 24.2. The fourth-order valence-corrected chi connectivity index (χ4v) is 7.53. The number of rotatable bonds is 5. The second kappa shape index (κ2) is 8.35. The number of hydrogen-bond acceptors (Lipinski definition) is 7. The van der Waals surface area contributed by atoms with Crippen molar-refractivity contribution in [3.63, 3.8) is 0 Å². The minimum atomic E-state index is -1.53. The zero-order valence-electron chi connectivity index (χ0n) is 20.0. The van der Waals surface area contributed by atoms with Crippen LogP contribution in [-0.2, 0) is 19.1 Å². The number of fused-ring (bicyclic) bond motifs is 5. The SMILES string of the molecule is CC(C)COC(=O)O[C@]1(C(=O)CO)CC[C@H]2[C@@H]3CCC4=CC(=O)C=C[C@]4(C)[C@H]3C(O)C[C@@]21C. The molecule has 0 saturated heterocycles. The molecule has 7 atom stereocenters. The molecule has 1 unspecified atom stereocenters. The lowest BCUT2D eigenvalue weighted by molar-refractivity contribution is -0.183.